The molecule has 0 aliphatic rings. The Morgan fingerprint density at radius 1 is 1.22 bits per heavy atom. The molecule has 1 N–H and O–H groups in total. The van der Waals surface area contributed by atoms with Gasteiger partial charge >= 0.3 is 6.36 Å². The Kier molecular flexibility index (Phi) is 5.55. The first kappa shape index (κ1) is 14.9. The SMILES string of the molecule is Cc1cc(F)ccc1CCNCCOC(F)(F)F. The summed E-state index contributed by atoms with van der Waals surface area (Å²) in [6.45, 7) is 2.03. The van der Waals surface area contributed by atoms with Crippen LogP contribution in [-0.2, 0) is 11.2 Å². The first-order chi connectivity index (χ1) is 8.38. The third-order valence-electron chi connectivity index (χ3n) is 2.42. The van der Waals surface area contributed by atoms with Crippen molar-refractivity contribution in [2.75, 3.05) is 19.7 Å². The third-order valence-corrected chi connectivity index (χ3v) is 2.42. The number of hydrogen-bond donors (Lipinski definition) is 1. The lowest BCUT2D eigenvalue weighted by Crippen LogP contribution is -2.25. The summed E-state index contributed by atoms with van der Waals surface area (Å²) in [7, 11) is 0. The minimum absolute atomic E-state index is 0.125. The normalized spacial score (nSPS) is 11.8. The van der Waals surface area contributed by atoms with Crippen LogP contribution in [0.15, 0.2) is 18.2 Å². The molecule has 0 unspecified atom stereocenters. The topological polar surface area (TPSA) is 21.3 Å². The summed E-state index contributed by atoms with van der Waals surface area (Å²) in [5.41, 5.74) is 1.81. The van der Waals surface area contributed by atoms with Crippen molar-refractivity contribution in [2.45, 2.75) is 19.7 Å². The van der Waals surface area contributed by atoms with Gasteiger partial charge in [0.25, 0.3) is 0 Å². The van der Waals surface area contributed by atoms with Crippen LogP contribution in [0, 0.1) is 12.7 Å². The second-order valence-electron chi connectivity index (χ2n) is 3.87. The fourth-order valence-electron chi connectivity index (χ4n) is 1.53. The summed E-state index contributed by atoms with van der Waals surface area (Å²) in [4.78, 5) is 0. The molecule has 1 aromatic carbocycles. The van der Waals surface area contributed by atoms with Crippen molar-refractivity contribution in [1.82, 2.24) is 5.32 Å². The lowest BCUT2D eigenvalue weighted by Gasteiger charge is -2.09. The summed E-state index contributed by atoms with van der Waals surface area (Å²) in [6, 6.07) is 4.48. The lowest BCUT2D eigenvalue weighted by molar-refractivity contribution is -0.323. The molecule has 0 spiro atoms. The van der Waals surface area contributed by atoms with E-state index in [4.69, 9.17) is 0 Å². The van der Waals surface area contributed by atoms with E-state index in [9.17, 15) is 17.6 Å². The van der Waals surface area contributed by atoms with Crippen LogP contribution < -0.4 is 5.32 Å². The highest BCUT2D eigenvalue weighted by Gasteiger charge is 2.28. The van der Waals surface area contributed by atoms with E-state index in [1.807, 2.05) is 0 Å². The highest BCUT2D eigenvalue weighted by Crippen LogP contribution is 2.15. The van der Waals surface area contributed by atoms with E-state index < -0.39 is 13.0 Å². The quantitative estimate of drug-likeness (QED) is 0.631. The smallest absolute Gasteiger partial charge is 0.314 e. The maximum Gasteiger partial charge on any atom is 0.522 e. The van der Waals surface area contributed by atoms with Gasteiger partial charge in [0.2, 0.25) is 0 Å². The predicted molar refractivity (Wildman–Crippen MR) is 59.7 cm³/mol. The molecule has 0 saturated heterocycles. The number of rotatable bonds is 6. The Hall–Kier alpha value is -1.14. The molecule has 0 atom stereocenters. The van der Waals surface area contributed by atoms with Gasteiger partial charge in [0.05, 0.1) is 6.61 Å². The van der Waals surface area contributed by atoms with Gasteiger partial charge < -0.3 is 5.32 Å². The number of aryl methyl sites for hydroxylation is 1. The molecule has 0 radical (unpaired) electrons. The molecule has 102 valence electrons. The second-order valence-corrected chi connectivity index (χ2v) is 3.87. The molecule has 0 amide bonds. The summed E-state index contributed by atoms with van der Waals surface area (Å²) in [5, 5.41) is 2.83. The zero-order valence-electron chi connectivity index (χ0n) is 9.98. The number of nitrogens with one attached hydrogen (secondary N) is 1. The van der Waals surface area contributed by atoms with Gasteiger partial charge in [0.1, 0.15) is 5.82 Å². The molecular formula is C12H15F4NO. The minimum Gasteiger partial charge on any atom is -0.314 e. The Bertz CT molecular complexity index is 379. The van der Waals surface area contributed by atoms with Crippen LogP contribution in [-0.4, -0.2) is 26.1 Å². The van der Waals surface area contributed by atoms with E-state index >= 15 is 0 Å². The molecule has 1 aromatic rings. The number of benzene rings is 1. The van der Waals surface area contributed by atoms with Crippen LogP contribution in [0.5, 0.6) is 0 Å². The summed E-state index contributed by atoms with van der Waals surface area (Å²) in [6.07, 6.45) is -3.94. The Balaban J connectivity index is 2.18. The fourth-order valence-corrected chi connectivity index (χ4v) is 1.53. The summed E-state index contributed by atoms with van der Waals surface area (Å²) in [5.74, 6) is -0.289. The van der Waals surface area contributed by atoms with Gasteiger partial charge in [-0.15, -0.1) is 13.2 Å². The first-order valence-corrected chi connectivity index (χ1v) is 5.55. The number of alkyl halides is 3. The van der Waals surface area contributed by atoms with E-state index in [0.717, 1.165) is 11.1 Å². The minimum atomic E-state index is -4.57. The molecule has 0 aliphatic carbocycles. The largest absolute Gasteiger partial charge is 0.522 e. The molecule has 0 aliphatic heterocycles. The average molecular weight is 265 g/mol. The lowest BCUT2D eigenvalue weighted by atomic mass is 10.1. The molecule has 0 aromatic heterocycles. The van der Waals surface area contributed by atoms with Crippen LogP contribution in [0.2, 0.25) is 0 Å². The predicted octanol–water partition coefficient (Wildman–Crippen LogP) is 2.80. The molecule has 6 heteroatoms. The van der Waals surface area contributed by atoms with Gasteiger partial charge in [-0.25, -0.2) is 4.39 Å². The van der Waals surface area contributed by atoms with Crippen molar-refractivity contribution >= 4 is 0 Å². The van der Waals surface area contributed by atoms with Crippen molar-refractivity contribution in [1.29, 1.82) is 0 Å². The summed E-state index contributed by atoms with van der Waals surface area (Å²) >= 11 is 0. The van der Waals surface area contributed by atoms with Gasteiger partial charge in [-0.2, -0.15) is 0 Å². The van der Waals surface area contributed by atoms with Crippen molar-refractivity contribution < 1.29 is 22.3 Å². The molecule has 0 bridgehead atoms. The number of hydrogen-bond acceptors (Lipinski definition) is 2. The van der Waals surface area contributed by atoms with Gasteiger partial charge in [-0.3, -0.25) is 4.74 Å². The van der Waals surface area contributed by atoms with E-state index in [-0.39, 0.29) is 12.4 Å². The average Bonchev–Trinajstić information content (AvgIpc) is 2.24. The molecule has 1 rings (SSSR count). The zero-order valence-corrected chi connectivity index (χ0v) is 9.98. The molecule has 0 fully saturated rings. The van der Waals surface area contributed by atoms with Crippen LogP contribution >= 0.6 is 0 Å². The fraction of sp³-hybridized carbons (Fsp3) is 0.500. The highest BCUT2D eigenvalue weighted by atomic mass is 19.4. The maximum absolute atomic E-state index is 12.8. The van der Waals surface area contributed by atoms with Gasteiger partial charge in [0.15, 0.2) is 0 Å². The monoisotopic (exact) mass is 265 g/mol. The van der Waals surface area contributed by atoms with Crippen molar-refractivity contribution in [2.24, 2.45) is 0 Å². The summed E-state index contributed by atoms with van der Waals surface area (Å²) < 4.78 is 51.3. The number of halogens is 4. The highest BCUT2D eigenvalue weighted by molar-refractivity contribution is 5.26. The van der Waals surface area contributed by atoms with Crippen molar-refractivity contribution in [3.05, 3.63) is 35.1 Å². The van der Waals surface area contributed by atoms with Crippen LogP contribution in [0.3, 0.4) is 0 Å². The molecule has 18 heavy (non-hydrogen) atoms. The Morgan fingerprint density at radius 2 is 1.94 bits per heavy atom. The van der Waals surface area contributed by atoms with Crippen LogP contribution in [0.25, 0.3) is 0 Å². The standard InChI is InChI=1S/C12H15F4NO/c1-9-8-11(13)3-2-10(9)4-5-17-6-7-18-12(14,15)16/h2-3,8,17H,4-7H2,1H3. The van der Waals surface area contributed by atoms with E-state index in [1.165, 1.54) is 12.1 Å². The van der Waals surface area contributed by atoms with Crippen molar-refractivity contribution in [3.63, 3.8) is 0 Å². The van der Waals surface area contributed by atoms with Crippen LogP contribution in [0.4, 0.5) is 17.6 Å². The van der Waals surface area contributed by atoms with Crippen LogP contribution in [0.1, 0.15) is 11.1 Å². The van der Waals surface area contributed by atoms with Gasteiger partial charge in [0, 0.05) is 6.54 Å². The van der Waals surface area contributed by atoms with Gasteiger partial charge in [-0.05, 0) is 43.1 Å². The first-order valence-electron chi connectivity index (χ1n) is 5.55. The molecule has 0 saturated carbocycles. The van der Waals surface area contributed by atoms with Crippen molar-refractivity contribution in [3.8, 4) is 0 Å². The molecular weight excluding hydrogens is 250 g/mol. The van der Waals surface area contributed by atoms with E-state index in [0.29, 0.717) is 13.0 Å². The van der Waals surface area contributed by atoms with E-state index in [1.54, 1.807) is 13.0 Å². The van der Waals surface area contributed by atoms with Gasteiger partial charge in [-0.1, -0.05) is 6.07 Å². The third kappa shape index (κ3) is 5.97. The van der Waals surface area contributed by atoms with E-state index in [2.05, 4.69) is 10.1 Å². The molecule has 2 nitrogen and oxygen atoms in total. The zero-order chi connectivity index (χ0) is 13.6. The molecule has 0 heterocycles. The Labute approximate surface area is 103 Å². The Morgan fingerprint density at radius 3 is 2.56 bits per heavy atom. The second kappa shape index (κ2) is 6.70. The number of ether oxygens (including phenoxy) is 1. The maximum atomic E-state index is 12.8.